The van der Waals surface area contributed by atoms with E-state index in [9.17, 15) is 30.4 Å². The first-order valence-electron chi connectivity index (χ1n) is 17.4. The second-order valence-corrected chi connectivity index (χ2v) is 19.0. The van der Waals surface area contributed by atoms with Crippen LogP contribution in [0.3, 0.4) is 0 Å². The third kappa shape index (κ3) is 10.7. The number of aromatic nitrogens is 1. The van der Waals surface area contributed by atoms with Gasteiger partial charge in [0.25, 0.3) is 0 Å². The number of halogens is 4. The molecule has 2 saturated heterocycles. The Morgan fingerprint density at radius 2 is 1.71 bits per heavy atom. The van der Waals surface area contributed by atoms with E-state index in [1.54, 1.807) is 0 Å². The average molecular weight is 866 g/mol. The molecule has 3 heterocycles. The molecular formula is C35H40Cl2F2N4O9S3. The number of hydrogen-bond acceptors (Lipinski definition) is 12. The summed E-state index contributed by atoms with van der Waals surface area (Å²) in [5.74, 6) is -0.485. The molecule has 1 unspecified atom stereocenters. The number of nitrogens with zero attached hydrogens (tertiary/aromatic N) is 4. The normalized spacial score (nSPS) is 19.0. The van der Waals surface area contributed by atoms with Crippen LogP contribution >= 0.6 is 35.0 Å². The number of thioether (sulfide) groups is 1. The third-order valence-corrected chi connectivity index (χ3v) is 14.3. The van der Waals surface area contributed by atoms with E-state index in [4.69, 9.17) is 37.4 Å². The predicted molar refractivity (Wildman–Crippen MR) is 204 cm³/mol. The first-order chi connectivity index (χ1) is 26.2. The van der Waals surface area contributed by atoms with Gasteiger partial charge in [0.1, 0.15) is 6.10 Å². The second-order valence-electron chi connectivity index (χ2n) is 13.2. The molecule has 13 nitrogen and oxygen atoms in total. The van der Waals surface area contributed by atoms with Crippen LogP contribution in [-0.2, 0) is 40.7 Å². The zero-order valence-corrected chi connectivity index (χ0v) is 33.7. The summed E-state index contributed by atoms with van der Waals surface area (Å²) < 4.78 is 104. The van der Waals surface area contributed by atoms with Crippen LogP contribution in [0.4, 0.5) is 14.5 Å². The number of sulfonamides is 2. The highest BCUT2D eigenvalue weighted by Gasteiger charge is 2.42. The number of carbonyl (C=O) groups excluding carboxylic acids is 1. The first-order valence-corrected chi connectivity index (χ1v) is 22.5. The highest BCUT2D eigenvalue weighted by atomic mass is 35.5. The van der Waals surface area contributed by atoms with Gasteiger partial charge in [-0.1, -0.05) is 29.3 Å². The molecule has 0 spiro atoms. The van der Waals surface area contributed by atoms with Crippen LogP contribution in [0.2, 0.25) is 10.0 Å². The van der Waals surface area contributed by atoms with E-state index in [0.29, 0.717) is 49.7 Å². The summed E-state index contributed by atoms with van der Waals surface area (Å²) in [5.41, 5.74) is 1.02. The van der Waals surface area contributed by atoms with Gasteiger partial charge < -0.3 is 18.9 Å². The van der Waals surface area contributed by atoms with E-state index < -0.39 is 44.1 Å². The standard InChI is InChI=1S/C35H40Cl2F2N4O9S3/c1-54(45,46)42(11-10-41-12-15-49-16-13-41)25-5-7-26(8-6-25)55(47,48)43-14-17-53-33(43)34(44)51-31(19-27-28(36)20-40-21-29(27)37)24-4-9-30(52-35(38)39)32(18-24)50-22-23-2-3-23/h4-9,18,20-21,23,31,33,35H,2-3,10-17,19,22H2,1H3/t31-,33?/m0/s1. The number of carbonyl (C=O) groups is 1. The molecular weight excluding hydrogens is 826 g/mol. The molecule has 3 aliphatic rings. The Balaban J connectivity index is 1.23. The smallest absolute Gasteiger partial charge is 0.387 e. The average Bonchev–Trinajstić information content (AvgIpc) is 3.83. The molecule has 3 aromatic rings. The quantitative estimate of drug-likeness (QED) is 0.159. The Morgan fingerprint density at radius 1 is 1.02 bits per heavy atom. The van der Waals surface area contributed by atoms with E-state index in [1.807, 2.05) is 0 Å². The van der Waals surface area contributed by atoms with Crippen LogP contribution in [0, 0.1) is 5.92 Å². The van der Waals surface area contributed by atoms with E-state index in [1.165, 1.54) is 59.2 Å². The topological polar surface area (TPSA) is 145 Å². The van der Waals surface area contributed by atoms with Crippen molar-refractivity contribution in [1.82, 2.24) is 14.2 Å². The molecule has 2 aromatic carbocycles. The largest absolute Gasteiger partial charge is 0.489 e. The Kier molecular flexibility index (Phi) is 13.7. The van der Waals surface area contributed by atoms with Crippen molar-refractivity contribution in [2.24, 2.45) is 5.92 Å². The number of ether oxygens (including phenoxy) is 4. The van der Waals surface area contributed by atoms with Crippen molar-refractivity contribution in [2.45, 2.75) is 42.2 Å². The van der Waals surface area contributed by atoms with Crippen LogP contribution in [0.25, 0.3) is 0 Å². The lowest BCUT2D eigenvalue weighted by atomic mass is 10.0. The third-order valence-electron chi connectivity index (χ3n) is 9.23. The molecule has 0 N–H and O–H groups in total. The second kappa shape index (κ2) is 18.1. The zero-order chi connectivity index (χ0) is 39.3. The van der Waals surface area contributed by atoms with Gasteiger partial charge in [0.05, 0.1) is 46.7 Å². The zero-order valence-electron chi connectivity index (χ0n) is 29.7. The summed E-state index contributed by atoms with van der Waals surface area (Å²) in [5, 5.41) is -0.909. The Labute approximate surface area is 333 Å². The molecule has 0 amide bonds. The molecule has 6 rings (SSSR count). The van der Waals surface area contributed by atoms with Gasteiger partial charge in [0.2, 0.25) is 20.0 Å². The molecule has 2 aliphatic heterocycles. The van der Waals surface area contributed by atoms with Gasteiger partial charge in [-0.15, -0.1) is 11.8 Å². The van der Waals surface area contributed by atoms with Crippen molar-refractivity contribution in [3.8, 4) is 11.5 Å². The predicted octanol–water partition coefficient (Wildman–Crippen LogP) is 5.47. The van der Waals surface area contributed by atoms with Crippen LogP contribution in [0.15, 0.2) is 59.8 Å². The number of pyridine rings is 1. The number of morpholine rings is 1. The van der Waals surface area contributed by atoms with Crippen LogP contribution < -0.4 is 13.8 Å². The van der Waals surface area contributed by atoms with E-state index in [-0.39, 0.29) is 64.2 Å². The lowest BCUT2D eigenvalue weighted by Gasteiger charge is -2.30. The Morgan fingerprint density at radius 3 is 2.35 bits per heavy atom. The molecule has 3 fully saturated rings. The van der Waals surface area contributed by atoms with Crippen molar-refractivity contribution >= 4 is 66.7 Å². The fourth-order valence-electron chi connectivity index (χ4n) is 6.12. The maximum Gasteiger partial charge on any atom is 0.387 e. The van der Waals surface area contributed by atoms with Crippen LogP contribution in [0.1, 0.15) is 30.1 Å². The number of hydrogen-bond donors (Lipinski definition) is 0. The summed E-state index contributed by atoms with van der Waals surface area (Å²) >= 11 is 14.0. The lowest BCUT2D eigenvalue weighted by Crippen LogP contribution is -2.43. The molecule has 0 radical (unpaired) electrons. The molecule has 1 aliphatic carbocycles. The van der Waals surface area contributed by atoms with Gasteiger partial charge in [-0.05, 0) is 66.3 Å². The van der Waals surface area contributed by atoms with Crippen LogP contribution in [0.5, 0.6) is 11.5 Å². The highest BCUT2D eigenvalue weighted by Crippen LogP contribution is 2.39. The van der Waals surface area contributed by atoms with Gasteiger partial charge in [0.15, 0.2) is 16.9 Å². The molecule has 300 valence electrons. The molecule has 2 atom stereocenters. The maximum atomic E-state index is 14.0. The van der Waals surface area contributed by atoms with Gasteiger partial charge in [-0.25, -0.2) is 21.6 Å². The SMILES string of the molecule is CS(=O)(=O)N(CCN1CCOCC1)c1ccc(S(=O)(=O)N2CCSC2C(=O)O[C@@H](Cc2c(Cl)cncc2Cl)c2ccc(OC(F)F)c(OCC3CC3)c2)cc1. The number of alkyl halides is 2. The van der Waals surface area contributed by atoms with Crippen LogP contribution in [-0.4, -0.2) is 114 Å². The maximum absolute atomic E-state index is 14.0. The monoisotopic (exact) mass is 864 g/mol. The minimum absolute atomic E-state index is 0.00493. The molecule has 0 bridgehead atoms. The van der Waals surface area contributed by atoms with Crippen molar-refractivity contribution < 1.29 is 49.4 Å². The molecule has 1 aromatic heterocycles. The van der Waals surface area contributed by atoms with E-state index in [2.05, 4.69) is 14.6 Å². The summed E-state index contributed by atoms with van der Waals surface area (Å²) in [7, 11) is -7.98. The number of esters is 1. The summed E-state index contributed by atoms with van der Waals surface area (Å²) in [4.78, 5) is 19.9. The fraction of sp³-hybridized carbons (Fsp3) is 0.486. The van der Waals surface area contributed by atoms with Gasteiger partial charge >= 0.3 is 12.6 Å². The number of rotatable bonds is 17. The number of benzene rings is 2. The number of anilines is 1. The molecule has 20 heteroatoms. The molecule has 55 heavy (non-hydrogen) atoms. The highest BCUT2D eigenvalue weighted by molar-refractivity contribution is 8.02. The lowest BCUT2D eigenvalue weighted by molar-refractivity contribution is -0.150. The van der Waals surface area contributed by atoms with E-state index in [0.717, 1.165) is 35.2 Å². The fourth-order valence-corrected chi connectivity index (χ4v) is 10.6. The van der Waals surface area contributed by atoms with E-state index >= 15 is 0 Å². The van der Waals surface area contributed by atoms with Crippen molar-refractivity contribution in [3.63, 3.8) is 0 Å². The Bertz CT molecular complexity index is 2020. The first kappa shape index (κ1) is 41.7. The van der Waals surface area contributed by atoms with Gasteiger partial charge in [0, 0.05) is 57.3 Å². The summed E-state index contributed by atoms with van der Waals surface area (Å²) in [6, 6.07) is 9.65. The van der Waals surface area contributed by atoms with Crippen molar-refractivity contribution in [3.05, 3.63) is 76.0 Å². The van der Waals surface area contributed by atoms with Gasteiger partial charge in [-0.2, -0.15) is 13.1 Å². The Hall–Kier alpha value is -2.97. The van der Waals surface area contributed by atoms with Crippen molar-refractivity contribution in [1.29, 1.82) is 0 Å². The summed E-state index contributed by atoms with van der Waals surface area (Å²) in [6.07, 6.45) is 4.53. The molecule has 1 saturated carbocycles. The minimum Gasteiger partial charge on any atom is -0.489 e. The van der Waals surface area contributed by atoms with Gasteiger partial charge in [-0.3, -0.25) is 14.2 Å². The summed E-state index contributed by atoms with van der Waals surface area (Å²) in [6.45, 7) is 0.268. The minimum atomic E-state index is -4.28. The van der Waals surface area contributed by atoms with Crippen molar-refractivity contribution in [2.75, 3.05) is 68.9 Å².